The van der Waals surface area contributed by atoms with Gasteiger partial charge in [0.05, 0.1) is 17.2 Å². The number of carbonyl (C=O) groups is 2. The number of rotatable bonds is 7. The number of hydrogen-bond donors (Lipinski definition) is 1. The van der Waals surface area contributed by atoms with E-state index in [0.717, 1.165) is 0 Å². The van der Waals surface area contributed by atoms with Gasteiger partial charge >= 0.3 is 5.97 Å². The predicted octanol–water partition coefficient (Wildman–Crippen LogP) is 2.23. The minimum absolute atomic E-state index is 0.0499. The molecule has 1 fully saturated rings. The largest absolute Gasteiger partial charge is 0.460 e. The molecule has 0 bridgehead atoms. The van der Waals surface area contributed by atoms with Crippen LogP contribution < -0.4 is 0 Å². The van der Waals surface area contributed by atoms with E-state index in [1.165, 1.54) is 23.5 Å². The Bertz CT molecular complexity index is 1110. The lowest BCUT2D eigenvalue weighted by molar-refractivity contribution is 0.0386. The van der Waals surface area contributed by atoms with Crippen molar-refractivity contribution in [2.24, 2.45) is 0 Å². The van der Waals surface area contributed by atoms with Crippen molar-refractivity contribution in [3.8, 4) is 0 Å². The molecule has 3 rings (SSSR count). The van der Waals surface area contributed by atoms with Crippen molar-refractivity contribution in [3.63, 3.8) is 0 Å². The third-order valence-corrected chi connectivity index (χ3v) is 7.75. The topological polar surface area (TPSA) is 109 Å². The number of nitrogens with zero attached hydrogens (tertiary/aromatic N) is 2. The molecule has 174 valence electrons. The minimum atomic E-state index is -3.76. The Labute approximate surface area is 192 Å². The molecule has 1 N–H and O–H groups in total. The molecule has 2 heterocycles. The number of halogens is 1. The van der Waals surface area contributed by atoms with Gasteiger partial charge in [-0.15, -0.1) is 0 Å². The van der Waals surface area contributed by atoms with Crippen LogP contribution in [0, 0.1) is 13.8 Å². The summed E-state index contributed by atoms with van der Waals surface area (Å²) in [6.07, 6.45) is 0. The van der Waals surface area contributed by atoms with E-state index in [1.54, 1.807) is 30.9 Å². The molecule has 0 radical (unpaired) electrons. The number of ether oxygens (including phenoxy) is 2. The molecule has 1 aromatic carbocycles. The lowest BCUT2D eigenvalue weighted by Crippen LogP contribution is -2.50. The van der Waals surface area contributed by atoms with Gasteiger partial charge in [0.2, 0.25) is 10.0 Å². The Balaban J connectivity index is 1.70. The number of H-pyrrole nitrogens is 1. The number of aromatic nitrogens is 1. The lowest BCUT2D eigenvalue weighted by atomic mass is 10.1. The molecule has 0 atom stereocenters. The first-order valence-electron chi connectivity index (χ1n) is 10.1. The molecular weight excluding hydrogens is 458 g/mol. The molecule has 0 saturated carbocycles. The zero-order chi connectivity index (χ0) is 23.5. The maximum atomic E-state index is 13.1. The highest BCUT2D eigenvalue weighted by Crippen LogP contribution is 2.26. The van der Waals surface area contributed by atoms with Crippen molar-refractivity contribution < 1.29 is 27.5 Å². The van der Waals surface area contributed by atoms with Crippen LogP contribution in [0.25, 0.3) is 0 Å². The number of aryl methyl sites for hydroxylation is 1. The highest BCUT2D eigenvalue weighted by Gasteiger charge is 2.33. The lowest BCUT2D eigenvalue weighted by Gasteiger charge is -2.34. The van der Waals surface area contributed by atoms with Gasteiger partial charge in [-0.3, -0.25) is 4.79 Å². The summed E-state index contributed by atoms with van der Waals surface area (Å²) in [5.74, 6) is -0.820. The maximum absolute atomic E-state index is 13.1. The summed E-state index contributed by atoms with van der Waals surface area (Å²) in [4.78, 5) is 30.1. The van der Waals surface area contributed by atoms with Crippen molar-refractivity contribution in [2.75, 3.05) is 46.5 Å². The number of sulfonamides is 1. The summed E-state index contributed by atoms with van der Waals surface area (Å²) in [6.45, 7) is 4.49. The first kappa shape index (κ1) is 24.2. The molecule has 9 nitrogen and oxygen atoms in total. The highest BCUT2D eigenvalue weighted by molar-refractivity contribution is 7.89. The standard InChI is InChI=1S/C21H26ClN3O6S/c1-14-18(21(27)31-13-12-30-3)15(2)23-19(14)20(26)24-8-10-25(11-9-24)32(28,29)17-7-5-4-6-16(17)22/h4-7,23H,8-13H2,1-3H3. The molecule has 1 aliphatic rings. The van der Waals surface area contributed by atoms with Crippen molar-refractivity contribution in [2.45, 2.75) is 18.7 Å². The molecule has 1 aliphatic heterocycles. The molecule has 1 amide bonds. The van der Waals surface area contributed by atoms with Crippen molar-refractivity contribution in [1.29, 1.82) is 0 Å². The number of benzene rings is 1. The van der Waals surface area contributed by atoms with Gasteiger partial charge in [-0.25, -0.2) is 13.2 Å². The quantitative estimate of drug-likeness (QED) is 0.478. The Kier molecular flexibility index (Phi) is 7.60. The van der Waals surface area contributed by atoms with Crippen LogP contribution in [0.1, 0.15) is 32.1 Å². The average Bonchev–Trinajstić information content (AvgIpc) is 3.07. The fraction of sp³-hybridized carbons (Fsp3) is 0.429. The van der Waals surface area contributed by atoms with Crippen LogP contribution in [0.5, 0.6) is 0 Å². The number of amides is 1. The van der Waals surface area contributed by atoms with Gasteiger partial charge in [0, 0.05) is 39.0 Å². The second-order valence-electron chi connectivity index (χ2n) is 7.38. The van der Waals surface area contributed by atoms with E-state index in [4.69, 9.17) is 21.1 Å². The number of hydrogen-bond acceptors (Lipinski definition) is 6. The van der Waals surface area contributed by atoms with E-state index < -0.39 is 16.0 Å². The second-order valence-corrected chi connectivity index (χ2v) is 9.69. The summed E-state index contributed by atoms with van der Waals surface area (Å²) >= 11 is 6.07. The summed E-state index contributed by atoms with van der Waals surface area (Å²) in [6, 6.07) is 6.28. The molecule has 0 unspecified atom stereocenters. The van der Waals surface area contributed by atoms with E-state index >= 15 is 0 Å². The summed E-state index contributed by atoms with van der Waals surface area (Å²) in [5.41, 5.74) is 1.65. The fourth-order valence-electron chi connectivity index (χ4n) is 3.64. The van der Waals surface area contributed by atoms with E-state index in [0.29, 0.717) is 22.5 Å². The van der Waals surface area contributed by atoms with Crippen molar-refractivity contribution in [3.05, 3.63) is 51.8 Å². The zero-order valence-electron chi connectivity index (χ0n) is 18.2. The van der Waals surface area contributed by atoms with Gasteiger partial charge in [0.25, 0.3) is 5.91 Å². The van der Waals surface area contributed by atoms with E-state index in [1.807, 2.05) is 0 Å². The van der Waals surface area contributed by atoms with Gasteiger partial charge in [-0.2, -0.15) is 4.31 Å². The van der Waals surface area contributed by atoms with Crippen LogP contribution in [0.15, 0.2) is 29.2 Å². The van der Waals surface area contributed by atoms with E-state index in [2.05, 4.69) is 4.98 Å². The third-order valence-electron chi connectivity index (χ3n) is 5.36. The third kappa shape index (κ3) is 4.83. The van der Waals surface area contributed by atoms with Crippen LogP contribution in [0.3, 0.4) is 0 Å². The monoisotopic (exact) mass is 483 g/mol. The first-order valence-corrected chi connectivity index (χ1v) is 11.9. The SMILES string of the molecule is COCCOC(=O)c1c(C)[nH]c(C(=O)N2CCN(S(=O)(=O)c3ccccc3Cl)CC2)c1C. The summed E-state index contributed by atoms with van der Waals surface area (Å²) in [5, 5.41) is 0.161. The molecule has 2 aromatic rings. The number of methoxy groups -OCH3 is 1. The molecule has 0 spiro atoms. The number of esters is 1. The van der Waals surface area contributed by atoms with E-state index in [9.17, 15) is 18.0 Å². The van der Waals surface area contributed by atoms with Crippen LogP contribution in [-0.4, -0.2) is 81.0 Å². The van der Waals surface area contributed by atoms with Gasteiger partial charge < -0.3 is 19.4 Å². The van der Waals surface area contributed by atoms with Crippen molar-refractivity contribution in [1.82, 2.24) is 14.2 Å². The first-order chi connectivity index (χ1) is 15.2. The van der Waals surface area contributed by atoms with Gasteiger partial charge in [0.15, 0.2) is 0 Å². The smallest absolute Gasteiger partial charge is 0.340 e. The summed E-state index contributed by atoms with van der Waals surface area (Å²) < 4.78 is 37.2. The Hall–Kier alpha value is -2.40. The highest BCUT2D eigenvalue weighted by atomic mass is 35.5. The fourth-order valence-corrected chi connectivity index (χ4v) is 5.56. The van der Waals surface area contributed by atoms with Crippen LogP contribution in [0.2, 0.25) is 5.02 Å². The molecule has 11 heteroatoms. The molecular formula is C21H26ClN3O6S. The van der Waals surface area contributed by atoms with Crippen molar-refractivity contribution >= 4 is 33.5 Å². The van der Waals surface area contributed by atoms with E-state index in [-0.39, 0.29) is 55.2 Å². The molecule has 1 saturated heterocycles. The average molecular weight is 484 g/mol. The molecule has 32 heavy (non-hydrogen) atoms. The van der Waals surface area contributed by atoms with Gasteiger partial charge in [-0.1, -0.05) is 23.7 Å². The number of aromatic amines is 1. The Morgan fingerprint density at radius 3 is 2.38 bits per heavy atom. The maximum Gasteiger partial charge on any atom is 0.340 e. The normalized spacial score (nSPS) is 15.1. The number of piperazine rings is 1. The Morgan fingerprint density at radius 2 is 1.75 bits per heavy atom. The predicted molar refractivity (Wildman–Crippen MR) is 119 cm³/mol. The van der Waals surface area contributed by atoms with Crippen LogP contribution in [-0.2, 0) is 19.5 Å². The molecule has 0 aliphatic carbocycles. The second kappa shape index (κ2) is 10.0. The number of nitrogens with one attached hydrogen (secondary N) is 1. The van der Waals surface area contributed by atoms with Crippen LogP contribution >= 0.6 is 11.6 Å². The van der Waals surface area contributed by atoms with Gasteiger partial charge in [0.1, 0.15) is 17.2 Å². The summed E-state index contributed by atoms with van der Waals surface area (Å²) in [7, 11) is -2.24. The van der Waals surface area contributed by atoms with Gasteiger partial charge in [-0.05, 0) is 31.5 Å². The number of carbonyl (C=O) groups excluding carboxylic acids is 2. The minimum Gasteiger partial charge on any atom is -0.460 e. The van der Waals surface area contributed by atoms with Crippen LogP contribution in [0.4, 0.5) is 0 Å². The molecule has 1 aromatic heterocycles. The zero-order valence-corrected chi connectivity index (χ0v) is 19.8. The Morgan fingerprint density at radius 1 is 1.09 bits per heavy atom.